The molecule has 2 aromatic carbocycles. The van der Waals surface area contributed by atoms with Crippen molar-refractivity contribution in [2.24, 2.45) is 4.99 Å². The molecular weight excluding hydrogens is 395 g/mol. The van der Waals surface area contributed by atoms with E-state index in [1.165, 1.54) is 12.1 Å². The molecule has 8 heteroatoms. The van der Waals surface area contributed by atoms with Crippen molar-refractivity contribution in [2.75, 3.05) is 5.32 Å². The first kappa shape index (κ1) is 16.4. The Morgan fingerprint density at radius 3 is 2.54 bits per heavy atom. The first-order valence-electron chi connectivity index (χ1n) is 6.80. The van der Waals surface area contributed by atoms with Crippen molar-refractivity contribution in [3.8, 4) is 0 Å². The summed E-state index contributed by atoms with van der Waals surface area (Å²) in [4.78, 5) is 16.2. The molecule has 3 aromatic rings. The molecule has 0 saturated carbocycles. The number of carbonyl (C=O) groups excluding carboxylic acids is 1. The Kier molecular flexibility index (Phi) is 5.07. The average molecular weight is 405 g/mol. The van der Waals surface area contributed by atoms with Crippen molar-refractivity contribution < 1.29 is 9.18 Å². The molecule has 1 N–H and O–H groups in total. The van der Waals surface area contributed by atoms with E-state index >= 15 is 0 Å². The summed E-state index contributed by atoms with van der Waals surface area (Å²) in [5, 5.41) is 11.2. The van der Waals surface area contributed by atoms with Crippen LogP contribution in [0, 0.1) is 5.82 Å². The standard InChI is InChI=1S/C16H10BrFN4OS/c17-12-5-3-11(4-6-12)14(23)20-16-22-21-15(24-16)19-9-10-1-7-13(18)8-2-10/h1-9H,(H,20,22,23). The number of nitrogens with one attached hydrogen (secondary N) is 1. The maximum absolute atomic E-state index is 12.8. The molecule has 1 aromatic heterocycles. The highest BCUT2D eigenvalue weighted by molar-refractivity contribution is 9.10. The fourth-order valence-electron chi connectivity index (χ4n) is 1.77. The predicted octanol–water partition coefficient (Wildman–Crippen LogP) is 4.44. The molecular formula is C16H10BrFN4OS. The summed E-state index contributed by atoms with van der Waals surface area (Å²) in [5.74, 6) is -0.575. The van der Waals surface area contributed by atoms with Crippen LogP contribution in [0.4, 0.5) is 14.7 Å². The number of aromatic nitrogens is 2. The summed E-state index contributed by atoms with van der Waals surface area (Å²) >= 11 is 4.46. The van der Waals surface area contributed by atoms with Gasteiger partial charge in [0.05, 0.1) is 0 Å². The molecule has 0 unspecified atom stereocenters. The molecule has 0 saturated heterocycles. The first-order valence-corrected chi connectivity index (χ1v) is 8.41. The third kappa shape index (κ3) is 4.30. The molecule has 5 nitrogen and oxygen atoms in total. The minimum Gasteiger partial charge on any atom is -0.296 e. The van der Waals surface area contributed by atoms with Crippen molar-refractivity contribution in [3.05, 3.63) is 69.9 Å². The molecule has 120 valence electrons. The van der Waals surface area contributed by atoms with Crippen LogP contribution in [0.2, 0.25) is 0 Å². The van der Waals surface area contributed by atoms with Crippen LogP contribution in [-0.2, 0) is 0 Å². The minimum atomic E-state index is -0.305. The SMILES string of the molecule is O=C(Nc1nnc(N=Cc2ccc(F)cc2)s1)c1ccc(Br)cc1. The number of anilines is 1. The molecule has 0 aliphatic rings. The molecule has 0 radical (unpaired) electrons. The number of nitrogens with zero attached hydrogens (tertiary/aromatic N) is 3. The fourth-order valence-corrected chi connectivity index (χ4v) is 2.62. The zero-order chi connectivity index (χ0) is 16.9. The maximum Gasteiger partial charge on any atom is 0.257 e. The van der Waals surface area contributed by atoms with Crippen LogP contribution in [-0.4, -0.2) is 22.3 Å². The van der Waals surface area contributed by atoms with Gasteiger partial charge in [0.1, 0.15) is 5.82 Å². The lowest BCUT2D eigenvalue weighted by molar-refractivity contribution is 0.102. The smallest absolute Gasteiger partial charge is 0.257 e. The second-order valence-electron chi connectivity index (χ2n) is 4.66. The molecule has 0 spiro atoms. The normalized spacial score (nSPS) is 10.9. The van der Waals surface area contributed by atoms with Crippen LogP contribution in [0.15, 0.2) is 58.0 Å². The van der Waals surface area contributed by atoms with Crippen LogP contribution in [0.1, 0.15) is 15.9 Å². The Balaban J connectivity index is 1.65. The van der Waals surface area contributed by atoms with Gasteiger partial charge in [-0.3, -0.25) is 10.1 Å². The third-order valence-electron chi connectivity index (χ3n) is 2.94. The second kappa shape index (κ2) is 7.41. The lowest BCUT2D eigenvalue weighted by Crippen LogP contribution is -2.11. The zero-order valence-corrected chi connectivity index (χ0v) is 14.5. The van der Waals surface area contributed by atoms with Gasteiger partial charge in [-0.25, -0.2) is 9.38 Å². The predicted molar refractivity (Wildman–Crippen MR) is 95.7 cm³/mol. The van der Waals surface area contributed by atoms with E-state index in [1.54, 1.807) is 42.6 Å². The van der Waals surface area contributed by atoms with E-state index in [4.69, 9.17) is 0 Å². The monoisotopic (exact) mass is 404 g/mol. The highest BCUT2D eigenvalue weighted by Gasteiger charge is 2.09. The molecule has 1 amide bonds. The number of halogens is 2. The number of carbonyl (C=O) groups is 1. The van der Waals surface area contributed by atoms with Crippen LogP contribution in [0.3, 0.4) is 0 Å². The van der Waals surface area contributed by atoms with Gasteiger partial charge in [-0.05, 0) is 42.0 Å². The Morgan fingerprint density at radius 1 is 1.12 bits per heavy atom. The maximum atomic E-state index is 12.8. The molecule has 0 aliphatic carbocycles. The van der Waals surface area contributed by atoms with Gasteiger partial charge in [0.25, 0.3) is 5.91 Å². The fraction of sp³-hybridized carbons (Fsp3) is 0. The summed E-state index contributed by atoms with van der Waals surface area (Å²) in [7, 11) is 0. The highest BCUT2D eigenvalue weighted by atomic mass is 79.9. The van der Waals surface area contributed by atoms with Crippen LogP contribution >= 0.6 is 27.3 Å². The van der Waals surface area contributed by atoms with Crippen LogP contribution < -0.4 is 5.32 Å². The summed E-state index contributed by atoms with van der Waals surface area (Å²) in [6.45, 7) is 0. The molecule has 24 heavy (non-hydrogen) atoms. The van der Waals surface area contributed by atoms with Gasteiger partial charge in [-0.1, -0.05) is 39.4 Å². The van der Waals surface area contributed by atoms with Crippen LogP contribution in [0.25, 0.3) is 0 Å². The molecule has 0 bridgehead atoms. The summed E-state index contributed by atoms with van der Waals surface area (Å²) < 4.78 is 13.7. The van der Waals surface area contributed by atoms with Crippen molar-refractivity contribution in [2.45, 2.75) is 0 Å². The Morgan fingerprint density at radius 2 is 1.83 bits per heavy atom. The van der Waals surface area contributed by atoms with Crippen molar-refractivity contribution in [1.29, 1.82) is 0 Å². The summed E-state index contributed by atoms with van der Waals surface area (Å²) in [5.41, 5.74) is 1.26. The van der Waals surface area contributed by atoms with Gasteiger partial charge in [0.15, 0.2) is 0 Å². The molecule has 1 heterocycles. The van der Waals surface area contributed by atoms with E-state index in [9.17, 15) is 9.18 Å². The van der Waals surface area contributed by atoms with E-state index in [2.05, 4.69) is 36.4 Å². The molecule has 3 rings (SSSR count). The minimum absolute atomic E-state index is 0.271. The van der Waals surface area contributed by atoms with Gasteiger partial charge in [-0.2, -0.15) is 0 Å². The number of hydrogen-bond acceptors (Lipinski definition) is 5. The topological polar surface area (TPSA) is 67.2 Å². The molecule has 0 fully saturated rings. The molecule has 0 aliphatic heterocycles. The number of rotatable bonds is 4. The second-order valence-corrected chi connectivity index (χ2v) is 6.53. The largest absolute Gasteiger partial charge is 0.296 e. The lowest BCUT2D eigenvalue weighted by atomic mass is 10.2. The number of aliphatic imine (C=N–C) groups is 1. The van der Waals surface area contributed by atoms with Gasteiger partial charge < -0.3 is 0 Å². The van der Waals surface area contributed by atoms with Crippen molar-refractivity contribution in [1.82, 2.24) is 10.2 Å². The lowest BCUT2D eigenvalue weighted by Gasteiger charge is -2.00. The van der Waals surface area contributed by atoms with E-state index in [0.717, 1.165) is 21.4 Å². The van der Waals surface area contributed by atoms with Crippen molar-refractivity contribution in [3.63, 3.8) is 0 Å². The Hall–Kier alpha value is -2.45. The quantitative estimate of drug-likeness (QED) is 0.653. The Bertz CT molecular complexity index is 878. The molecule has 0 atom stereocenters. The summed E-state index contributed by atoms with van der Waals surface area (Å²) in [6.07, 6.45) is 1.56. The van der Waals surface area contributed by atoms with Crippen LogP contribution in [0.5, 0.6) is 0 Å². The van der Waals surface area contributed by atoms with Gasteiger partial charge in [0.2, 0.25) is 10.3 Å². The average Bonchev–Trinajstić information content (AvgIpc) is 3.02. The number of benzene rings is 2. The van der Waals surface area contributed by atoms with Gasteiger partial charge in [0, 0.05) is 16.3 Å². The third-order valence-corrected chi connectivity index (χ3v) is 4.21. The van der Waals surface area contributed by atoms with E-state index in [0.29, 0.717) is 15.8 Å². The Labute approximate surface area is 149 Å². The van der Waals surface area contributed by atoms with Gasteiger partial charge in [-0.15, -0.1) is 10.2 Å². The summed E-state index contributed by atoms with van der Waals surface area (Å²) in [6, 6.07) is 12.9. The van der Waals surface area contributed by atoms with E-state index in [1.807, 2.05) is 0 Å². The number of hydrogen-bond donors (Lipinski definition) is 1. The highest BCUT2D eigenvalue weighted by Crippen LogP contribution is 2.23. The first-order chi connectivity index (χ1) is 11.6. The van der Waals surface area contributed by atoms with E-state index < -0.39 is 0 Å². The zero-order valence-electron chi connectivity index (χ0n) is 12.1. The van der Waals surface area contributed by atoms with E-state index in [-0.39, 0.29) is 11.7 Å². The number of amides is 1. The van der Waals surface area contributed by atoms with Gasteiger partial charge >= 0.3 is 0 Å². The van der Waals surface area contributed by atoms with Crippen molar-refractivity contribution >= 4 is 49.7 Å².